The van der Waals surface area contributed by atoms with Gasteiger partial charge in [-0.05, 0) is 5.19 Å². The van der Waals surface area contributed by atoms with Crippen LogP contribution in [0.1, 0.15) is 41.5 Å². The van der Waals surface area contributed by atoms with Crippen LogP contribution in [-0.4, -0.2) is 18.4 Å². The Morgan fingerprint density at radius 1 is 0.850 bits per heavy atom. The lowest BCUT2D eigenvalue weighted by Crippen LogP contribution is -2.50. The van der Waals surface area contributed by atoms with Crippen LogP contribution in [0.5, 0.6) is 0 Å². The molecule has 0 atom stereocenters. The molecule has 0 heterocycles. The highest BCUT2D eigenvalue weighted by Gasteiger charge is 2.49. The van der Waals surface area contributed by atoms with Gasteiger partial charge in [0.1, 0.15) is 7.14 Å². The first-order valence-electron chi connectivity index (χ1n) is 7.43. The summed E-state index contributed by atoms with van der Waals surface area (Å²) in [5.74, 6) is 0. The zero-order valence-corrected chi connectivity index (χ0v) is 16.6. The predicted molar refractivity (Wildman–Crippen MR) is 96.2 cm³/mol. The standard InChI is InChI=1S/C17H31OPSi/c1-16(2,3)19(18,17(4,5)6)14-12-10-11-13-15(14)20(7,8)9/h10-13H,1-9H3. The minimum Gasteiger partial charge on any atom is -0.318 e. The van der Waals surface area contributed by atoms with Crippen molar-refractivity contribution in [1.29, 1.82) is 0 Å². The van der Waals surface area contributed by atoms with E-state index in [1.807, 2.05) is 6.07 Å². The summed E-state index contributed by atoms with van der Waals surface area (Å²) in [6.07, 6.45) is 0. The van der Waals surface area contributed by atoms with Crippen molar-refractivity contribution in [2.24, 2.45) is 0 Å². The fraction of sp³-hybridized carbons (Fsp3) is 0.647. The van der Waals surface area contributed by atoms with Crippen LogP contribution in [0, 0.1) is 0 Å². The van der Waals surface area contributed by atoms with Crippen LogP contribution < -0.4 is 10.5 Å². The zero-order valence-electron chi connectivity index (χ0n) is 14.7. The predicted octanol–water partition coefficient (Wildman–Crippen LogP) is 4.82. The molecule has 0 aliphatic heterocycles. The molecule has 0 amide bonds. The molecule has 0 aromatic heterocycles. The third-order valence-corrected chi connectivity index (χ3v) is 11.1. The van der Waals surface area contributed by atoms with Crippen molar-refractivity contribution in [1.82, 2.24) is 0 Å². The molecular weight excluding hydrogens is 279 g/mol. The number of benzene rings is 1. The van der Waals surface area contributed by atoms with Crippen molar-refractivity contribution in [3.8, 4) is 0 Å². The maximum atomic E-state index is 14.1. The molecule has 0 bridgehead atoms. The lowest BCUT2D eigenvalue weighted by Gasteiger charge is -2.43. The van der Waals surface area contributed by atoms with Crippen molar-refractivity contribution in [3.63, 3.8) is 0 Å². The Balaban J connectivity index is 3.76. The Kier molecular flexibility index (Phi) is 4.55. The monoisotopic (exact) mass is 310 g/mol. The maximum Gasteiger partial charge on any atom is 0.125 e. The molecule has 0 aliphatic carbocycles. The molecule has 0 N–H and O–H groups in total. The van der Waals surface area contributed by atoms with Crippen LogP contribution in [0.15, 0.2) is 24.3 Å². The second-order valence-electron chi connectivity index (χ2n) is 8.72. The van der Waals surface area contributed by atoms with Crippen LogP contribution in [-0.2, 0) is 4.57 Å². The van der Waals surface area contributed by atoms with E-state index in [2.05, 4.69) is 79.4 Å². The molecular formula is C17H31OPSi. The van der Waals surface area contributed by atoms with Crippen LogP contribution >= 0.6 is 7.14 Å². The molecule has 1 rings (SSSR count). The summed E-state index contributed by atoms with van der Waals surface area (Å²) in [6, 6.07) is 8.45. The first-order chi connectivity index (χ1) is 8.73. The summed E-state index contributed by atoms with van der Waals surface area (Å²) < 4.78 is 14.1. The number of rotatable bonds is 2. The highest BCUT2D eigenvalue weighted by atomic mass is 31.2. The minimum absolute atomic E-state index is 0.221. The molecule has 114 valence electrons. The number of hydrogen-bond donors (Lipinski definition) is 0. The third kappa shape index (κ3) is 2.97. The van der Waals surface area contributed by atoms with Gasteiger partial charge < -0.3 is 4.57 Å². The second-order valence-corrected chi connectivity index (χ2v) is 18.1. The van der Waals surface area contributed by atoms with Crippen molar-refractivity contribution >= 4 is 25.7 Å². The van der Waals surface area contributed by atoms with Gasteiger partial charge in [0.05, 0.1) is 8.07 Å². The molecule has 0 saturated heterocycles. The second kappa shape index (κ2) is 5.14. The average Bonchev–Trinajstić information content (AvgIpc) is 2.23. The van der Waals surface area contributed by atoms with Gasteiger partial charge in [0.2, 0.25) is 0 Å². The van der Waals surface area contributed by atoms with Crippen molar-refractivity contribution in [3.05, 3.63) is 24.3 Å². The topological polar surface area (TPSA) is 17.1 Å². The first-order valence-corrected chi connectivity index (χ1v) is 12.6. The Hall–Kier alpha value is -0.333. The van der Waals surface area contributed by atoms with E-state index in [1.54, 1.807) is 0 Å². The van der Waals surface area contributed by atoms with Crippen LogP contribution in [0.4, 0.5) is 0 Å². The molecule has 1 aromatic rings. The molecule has 0 unspecified atom stereocenters. The molecule has 0 radical (unpaired) electrons. The summed E-state index contributed by atoms with van der Waals surface area (Å²) in [5.41, 5.74) is 0. The molecule has 0 spiro atoms. The Bertz CT molecular complexity index is 509. The molecule has 1 nitrogen and oxygen atoms in total. The van der Waals surface area contributed by atoms with Gasteiger partial charge in [-0.2, -0.15) is 0 Å². The van der Waals surface area contributed by atoms with Gasteiger partial charge in [-0.15, -0.1) is 0 Å². The molecule has 0 fully saturated rings. The van der Waals surface area contributed by atoms with Gasteiger partial charge in [-0.25, -0.2) is 0 Å². The van der Waals surface area contributed by atoms with Crippen molar-refractivity contribution in [2.45, 2.75) is 71.5 Å². The van der Waals surface area contributed by atoms with E-state index in [1.165, 1.54) is 5.19 Å². The largest absolute Gasteiger partial charge is 0.318 e. The third-order valence-electron chi connectivity index (χ3n) is 3.94. The van der Waals surface area contributed by atoms with Gasteiger partial charge in [0.25, 0.3) is 0 Å². The Labute approximate surface area is 126 Å². The average molecular weight is 310 g/mol. The maximum absolute atomic E-state index is 14.1. The number of hydrogen-bond acceptors (Lipinski definition) is 1. The van der Waals surface area contributed by atoms with E-state index in [9.17, 15) is 4.57 Å². The normalized spacial score (nSPS) is 14.4. The quantitative estimate of drug-likeness (QED) is 0.565. The smallest absolute Gasteiger partial charge is 0.125 e. The summed E-state index contributed by atoms with van der Waals surface area (Å²) in [7, 11) is -4.06. The van der Waals surface area contributed by atoms with Gasteiger partial charge in [-0.3, -0.25) is 0 Å². The highest BCUT2D eigenvalue weighted by Crippen LogP contribution is 2.65. The SMILES string of the molecule is CC(C)(C)P(=O)(c1ccccc1[Si](C)(C)C)C(C)(C)C. The Morgan fingerprint density at radius 2 is 1.25 bits per heavy atom. The van der Waals surface area contributed by atoms with Crippen molar-refractivity contribution < 1.29 is 4.57 Å². The summed E-state index contributed by atoms with van der Waals surface area (Å²) >= 11 is 0. The van der Waals surface area contributed by atoms with E-state index in [4.69, 9.17) is 0 Å². The molecule has 0 aliphatic rings. The van der Waals surface area contributed by atoms with Gasteiger partial charge in [0.15, 0.2) is 0 Å². The fourth-order valence-corrected chi connectivity index (χ4v) is 10.2. The van der Waals surface area contributed by atoms with Crippen LogP contribution in [0.25, 0.3) is 0 Å². The highest BCUT2D eigenvalue weighted by molar-refractivity contribution is 7.75. The van der Waals surface area contributed by atoms with Crippen LogP contribution in [0.2, 0.25) is 19.6 Å². The molecule has 3 heteroatoms. The molecule has 20 heavy (non-hydrogen) atoms. The van der Waals surface area contributed by atoms with E-state index >= 15 is 0 Å². The van der Waals surface area contributed by atoms with Gasteiger partial charge in [0, 0.05) is 15.6 Å². The summed E-state index contributed by atoms with van der Waals surface area (Å²) in [6.45, 7) is 19.8. The lowest BCUT2D eigenvalue weighted by molar-refractivity contribution is 0.528. The van der Waals surface area contributed by atoms with E-state index in [-0.39, 0.29) is 10.3 Å². The van der Waals surface area contributed by atoms with E-state index < -0.39 is 15.2 Å². The zero-order chi connectivity index (χ0) is 16.0. The van der Waals surface area contributed by atoms with E-state index in [0.717, 1.165) is 5.30 Å². The minimum atomic E-state index is -2.54. The molecule has 1 aromatic carbocycles. The lowest BCUT2D eigenvalue weighted by atomic mass is 10.2. The summed E-state index contributed by atoms with van der Waals surface area (Å²) in [5, 5.41) is 2.04. The van der Waals surface area contributed by atoms with Crippen LogP contribution in [0.3, 0.4) is 0 Å². The first kappa shape index (κ1) is 17.7. The Morgan fingerprint density at radius 3 is 1.60 bits per heavy atom. The molecule has 0 saturated carbocycles. The van der Waals surface area contributed by atoms with Gasteiger partial charge in [-0.1, -0.05) is 85.4 Å². The summed E-state index contributed by atoms with van der Waals surface area (Å²) in [4.78, 5) is 0. The van der Waals surface area contributed by atoms with Crippen molar-refractivity contribution in [2.75, 3.05) is 0 Å². The fourth-order valence-electron chi connectivity index (χ4n) is 3.11. The van der Waals surface area contributed by atoms with E-state index in [0.29, 0.717) is 0 Å². The van der Waals surface area contributed by atoms with Gasteiger partial charge >= 0.3 is 0 Å².